The topological polar surface area (TPSA) is 66.9 Å². The second-order valence-electron chi connectivity index (χ2n) is 2.10. The van der Waals surface area contributed by atoms with Crippen LogP contribution >= 0.6 is 0 Å². The molecule has 0 aliphatic rings. The molecule has 1 rings (SSSR count). The quantitative estimate of drug-likeness (QED) is 0.480. The summed E-state index contributed by atoms with van der Waals surface area (Å²) >= 11 is 0. The Balaban J connectivity index is 2.91. The van der Waals surface area contributed by atoms with Gasteiger partial charge in [-0.15, -0.1) is 6.54 Å². The fourth-order valence-electron chi connectivity index (χ4n) is 0.736. The van der Waals surface area contributed by atoms with E-state index < -0.39 is 4.92 Å². The predicted molar refractivity (Wildman–Crippen MR) is 41.1 cm³/mol. The Morgan fingerprint density at radius 3 is 2.27 bits per heavy atom. The summed E-state index contributed by atoms with van der Waals surface area (Å²) < 4.78 is 0. The summed E-state index contributed by atoms with van der Waals surface area (Å²) in [6.45, 7) is 0.165. The van der Waals surface area contributed by atoms with Crippen molar-refractivity contribution in [2.24, 2.45) is 0 Å². The lowest BCUT2D eigenvalue weighted by atomic mass is 10.2. The smallest absolute Gasteiger partial charge is 0.269 e. The van der Waals surface area contributed by atoms with Crippen LogP contribution in [0.15, 0.2) is 24.3 Å². The number of nitrogens with zero attached hydrogens (tertiary/aromatic N) is 1. The van der Waals surface area contributed by atoms with Crippen LogP contribution in [0.4, 0.5) is 5.69 Å². The molecule has 1 aromatic carbocycles. The lowest BCUT2D eigenvalue weighted by molar-refractivity contribution is -0.384. The Morgan fingerprint density at radius 1 is 1.36 bits per heavy atom. The van der Waals surface area contributed by atoms with Gasteiger partial charge in [0.1, 0.15) is 0 Å². The van der Waals surface area contributed by atoms with Crippen molar-refractivity contribution in [2.45, 2.75) is 6.54 Å². The average molecular weight is 151 g/mol. The van der Waals surface area contributed by atoms with Gasteiger partial charge in [0.2, 0.25) is 0 Å². The van der Waals surface area contributed by atoms with Gasteiger partial charge in [-0.2, -0.15) is 0 Å². The SMILES string of the molecule is [NH-]Cc1ccc([N+](=O)[O-])cc1. The van der Waals surface area contributed by atoms with Gasteiger partial charge < -0.3 is 5.73 Å². The normalized spacial score (nSPS) is 9.55. The molecule has 4 heteroatoms. The van der Waals surface area contributed by atoms with Gasteiger partial charge in [-0.1, -0.05) is 17.7 Å². The zero-order valence-electron chi connectivity index (χ0n) is 5.78. The van der Waals surface area contributed by atoms with Crippen molar-refractivity contribution in [3.63, 3.8) is 0 Å². The minimum Gasteiger partial charge on any atom is -0.674 e. The second-order valence-corrected chi connectivity index (χ2v) is 2.10. The highest BCUT2D eigenvalue weighted by molar-refractivity contribution is 5.33. The molecule has 0 saturated heterocycles. The fraction of sp³-hybridized carbons (Fsp3) is 0.143. The Hall–Kier alpha value is -1.42. The van der Waals surface area contributed by atoms with Crippen molar-refractivity contribution in [2.75, 3.05) is 0 Å². The van der Waals surface area contributed by atoms with Crippen molar-refractivity contribution >= 4 is 5.69 Å². The van der Waals surface area contributed by atoms with E-state index in [0.29, 0.717) is 0 Å². The van der Waals surface area contributed by atoms with Crippen molar-refractivity contribution in [3.05, 3.63) is 45.7 Å². The maximum absolute atomic E-state index is 10.2. The zero-order valence-corrected chi connectivity index (χ0v) is 5.78. The molecule has 4 nitrogen and oxygen atoms in total. The number of hydrogen-bond acceptors (Lipinski definition) is 2. The first kappa shape index (κ1) is 7.68. The monoisotopic (exact) mass is 151 g/mol. The van der Waals surface area contributed by atoms with Crippen molar-refractivity contribution in [1.82, 2.24) is 0 Å². The van der Waals surface area contributed by atoms with Crippen LogP contribution in [0.5, 0.6) is 0 Å². The van der Waals surface area contributed by atoms with Crippen LogP contribution in [0, 0.1) is 10.1 Å². The number of nitro groups is 1. The van der Waals surface area contributed by atoms with Crippen LogP contribution in [-0.4, -0.2) is 4.92 Å². The minimum absolute atomic E-state index is 0.0715. The first-order valence-electron chi connectivity index (χ1n) is 3.12. The van der Waals surface area contributed by atoms with Gasteiger partial charge >= 0.3 is 0 Å². The summed E-state index contributed by atoms with van der Waals surface area (Å²) in [5, 5.41) is 10.2. The van der Waals surface area contributed by atoms with Crippen LogP contribution in [-0.2, 0) is 6.54 Å². The predicted octanol–water partition coefficient (Wildman–Crippen LogP) is 2.15. The molecule has 0 heterocycles. The molecule has 11 heavy (non-hydrogen) atoms. The molecule has 0 atom stereocenters. The van der Waals surface area contributed by atoms with Crippen molar-refractivity contribution in [3.8, 4) is 0 Å². The van der Waals surface area contributed by atoms with Gasteiger partial charge in [-0.05, 0) is 0 Å². The Kier molecular flexibility index (Phi) is 2.18. The standard InChI is InChI=1S/C7H7N2O2/c8-5-6-1-3-7(4-2-6)9(10)11/h1-4,8H,5H2/q-1. The van der Waals surface area contributed by atoms with Gasteiger partial charge in [-0.25, -0.2) is 0 Å². The van der Waals surface area contributed by atoms with E-state index in [1.165, 1.54) is 12.1 Å². The van der Waals surface area contributed by atoms with Crippen LogP contribution in [0.1, 0.15) is 5.56 Å². The maximum Gasteiger partial charge on any atom is 0.269 e. The number of rotatable bonds is 2. The first-order valence-corrected chi connectivity index (χ1v) is 3.12. The second kappa shape index (κ2) is 3.12. The van der Waals surface area contributed by atoms with Crippen molar-refractivity contribution < 1.29 is 4.92 Å². The molecule has 0 aromatic heterocycles. The molecule has 0 aliphatic heterocycles. The van der Waals surface area contributed by atoms with E-state index >= 15 is 0 Å². The molecule has 1 aromatic rings. The molecular weight excluding hydrogens is 144 g/mol. The van der Waals surface area contributed by atoms with Gasteiger partial charge in [0.05, 0.1) is 4.92 Å². The molecule has 0 spiro atoms. The molecule has 0 aliphatic carbocycles. The maximum atomic E-state index is 10.2. The molecule has 0 fully saturated rings. The first-order chi connectivity index (χ1) is 5.24. The van der Waals surface area contributed by atoms with Gasteiger partial charge in [0.25, 0.3) is 5.69 Å². The molecule has 58 valence electrons. The zero-order chi connectivity index (χ0) is 8.27. The average Bonchev–Trinajstić information content (AvgIpc) is 2.05. The molecule has 1 N–H and O–H groups in total. The number of hydrogen-bond donors (Lipinski definition) is 0. The molecule has 0 bridgehead atoms. The number of benzene rings is 1. The molecule has 0 saturated carbocycles. The Bertz CT molecular complexity index is 256. The lowest BCUT2D eigenvalue weighted by Crippen LogP contribution is -1.87. The summed E-state index contributed by atoms with van der Waals surface area (Å²) in [6, 6.07) is 5.99. The van der Waals surface area contributed by atoms with E-state index in [9.17, 15) is 10.1 Å². The largest absolute Gasteiger partial charge is 0.674 e. The van der Waals surface area contributed by atoms with E-state index in [2.05, 4.69) is 0 Å². The summed E-state index contributed by atoms with van der Waals surface area (Å²) in [5.41, 5.74) is 7.81. The van der Waals surface area contributed by atoms with Crippen LogP contribution in [0.25, 0.3) is 5.73 Å². The molecule has 0 radical (unpaired) electrons. The lowest BCUT2D eigenvalue weighted by Gasteiger charge is -1.99. The van der Waals surface area contributed by atoms with E-state index in [-0.39, 0.29) is 12.2 Å². The summed E-state index contributed by atoms with van der Waals surface area (Å²) in [4.78, 5) is 9.71. The summed E-state index contributed by atoms with van der Waals surface area (Å²) in [5.74, 6) is 0. The Morgan fingerprint density at radius 2 is 1.91 bits per heavy atom. The van der Waals surface area contributed by atoms with E-state index in [1.54, 1.807) is 12.1 Å². The van der Waals surface area contributed by atoms with E-state index in [0.717, 1.165) is 5.56 Å². The highest BCUT2D eigenvalue weighted by atomic mass is 16.6. The van der Waals surface area contributed by atoms with E-state index in [4.69, 9.17) is 5.73 Å². The molecule has 0 unspecified atom stereocenters. The third-order valence-electron chi connectivity index (χ3n) is 1.35. The van der Waals surface area contributed by atoms with Gasteiger partial charge in [0, 0.05) is 12.1 Å². The third kappa shape index (κ3) is 1.75. The number of nitro benzene ring substituents is 1. The fourth-order valence-corrected chi connectivity index (χ4v) is 0.736. The highest BCUT2D eigenvalue weighted by Gasteiger charge is 2.01. The molecule has 0 amide bonds. The van der Waals surface area contributed by atoms with Gasteiger partial charge in [0.15, 0.2) is 0 Å². The van der Waals surface area contributed by atoms with Crippen LogP contribution in [0.2, 0.25) is 0 Å². The van der Waals surface area contributed by atoms with Crippen LogP contribution in [0.3, 0.4) is 0 Å². The summed E-state index contributed by atoms with van der Waals surface area (Å²) in [7, 11) is 0. The Labute approximate surface area is 63.8 Å². The highest BCUT2D eigenvalue weighted by Crippen LogP contribution is 2.11. The number of non-ortho nitro benzene ring substituents is 1. The summed E-state index contributed by atoms with van der Waals surface area (Å²) in [6.07, 6.45) is 0. The third-order valence-corrected chi connectivity index (χ3v) is 1.35. The molecular formula is C7H7N2O2-. The van der Waals surface area contributed by atoms with Gasteiger partial charge in [-0.3, -0.25) is 10.1 Å². The van der Waals surface area contributed by atoms with E-state index in [1.807, 2.05) is 0 Å². The van der Waals surface area contributed by atoms with Crippen LogP contribution < -0.4 is 0 Å². The number of nitrogens with one attached hydrogen (secondary N) is 1. The van der Waals surface area contributed by atoms with Crippen molar-refractivity contribution in [1.29, 1.82) is 0 Å². The minimum atomic E-state index is -0.451.